The van der Waals surface area contributed by atoms with Crippen molar-refractivity contribution >= 4 is 23.2 Å². The largest absolute Gasteiger partial charge is 0.404 e. The molecule has 6 heteroatoms. The number of nitrogens with two attached hydrogens (primary N) is 3. The van der Waals surface area contributed by atoms with Crippen molar-refractivity contribution in [3.8, 4) is 0 Å². The summed E-state index contributed by atoms with van der Waals surface area (Å²) in [6, 6.07) is 14.8. The smallest absolute Gasteiger partial charge is 0.0777 e. The molecule has 1 unspecified atom stereocenters. The minimum atomic E-state index is 0.0766. The molecule has 1 aliphatic heterocycles. The first-order chi connectivity index (χ1) is 14.4. The Bertz CT molecular complexity index is 968. The molecule has 6 nitrogen and oxygen atoms in total. The monoisotopic (exact) mass is 404 g/mol. The van der Waals surface area contributed by atoms with Gasteiger partial charge in [-0.15, -0.1) is 0 Å². The molecule has 0 spiro atoms. The average Bonchev–Trinajstić information content (AvgIpc) is 2.86. The predicted molar refractivity (Wildman–Crippen MR) is 127 cm³/mol. The molecule has 0 amide bonds. The van der Waals surface area contributed by atoms with E-state index in [2.05, 4.69) is 53.6 Å². The fourth-order valence-corrected chi connectivity index (χ4v) is 3.78. The van der Waals surface area contributed by atoms with Crippen molar-refractivity contribution in [2.75, 3.05) is 18.4 Å². The molecule has 3 rings (SSSR count). The summed E-state index contributed by atoms with van der Waals surface area (Å²) in [5.74, 6) is 6.38. The van der Waals surface area contributed by atoms with Gasteiger partial charge >= 0.3 is 0 Å². The first-order valence-corrected chi connectivity index (χ1v) is 10.3. The van der Waals surface area contributed by atoms with E-state index in [4.69, 9.17) is 17.3 Å². The maximum Gasteiger partial charge on any atom is 0.0777 e. The van der Waals surface area contributed by atoms with Crippen LogP contribution in [-0.4, -0.2) is 24.3 Å². The van der Waals surface area contributed by atoms with E-state index in [-0.39, 0.29) is 6.04 Å². The Morgan fingerprint density at radius 3 is 2.60 bits per heavy atom. The fraction of sp³-hybridized carbons (Fsp3) is 0.292. The van der Waals surface area contributed by atoms with E-state index in [9.17, 15) is 0 Å². The number of anilines is 1. The average molecular weight is 405 g/mol. The number of nitrogens with zero attached hydrogens (tertiary/aromatic N) is 2. The number of hydrogen-bond donors (Lipinski definition) is 4. The van der Waals surface area contributed by atoms with Crippen molar-refractivity contribution in [3.05, 3.63) is 76.6 Å². The lowest BCUT2D eigenvalue weighted by molar-refractivity contribution is 0.402. The van der Waals surface area contributed by atoms with E-state index in [0.29, 0.717) is 18.8 Å². The van der Waals surface area contributed by atoms with Crippen molar-refractivity contribution in [1.82, 2.24) is 5.01 Å². The maximum absolute atomic E-state index is 6.38. The molecule has 0 radical (unpaired) electrons. The second kappa shape index (κ2) is 9.50. The molecule has 1 heterocycles. The quantitative estimate of drug-likeness (QED) is 0.448. The molecule has 0 fully saturated rings. The first-order valence-electron chi connectivity index (χ1n) is 10.3. The van der Waals surface area contributed by atoms with Crippen LogP contribution in [0.15, 0.2) is 59.4 Å². The van der Waals surface area contributed by atoms with Crippen LogP contribution in [0.1, 0.15) is 48.6 Å². The van der Waals surface area contributed by atoms with E-state index in [1.807, 2.05) is 26.1 Å². The highest BCUT2D eigenvalue weighted by Gasteiger charge is 2.26. The summed E-state index contributed by atoms with van der Waals surface area (Å²) in [6.45, 7) is 7.37. The van der Waals surface area contributed by atoms with Gasteiger partial charge in [-0.25, -0.2) is 5.84 Å². The predicted octanol–water partition coefficient (Wildman–Crippen LogP) is 3.77. The zero-order valence-corrected chi connectivity index (χ0v) is 18.0. The third-order valence-corrected chi connectivity index (χ3v) is 5.32. The van der Waals surface area contributed by atoms with E-state index in [1.54, 1.807) is 11.2 Å². The number of fused-ring (bicyclic) bond motifs is 1. The van der Waals surface area contributed by atoms with Gasteiger partial charge in [0.2, 0.25) is 0 Å². The third-order valence-electron chi connectivity index (χ3n) is 5.32. The zero-order chi connectivity index (χ0) is 21.7. The molecule has 1 aliphatic rings. The van der Waals surface area contributed by atoms with Crippen molar-refractivity contribution in [1.29, 1.82) is 0 Å². The molecule has 2 aromatic carbocycles. The highest BCUT2D eigenvalue weighted by molar-refractivity contribution is 6.09. The number of allylic oxidation sites excluding steroid dienone is 2. The molecule has 0 saturated heterocycles. The third kappa shape index (κ3) is 4.66. The van der Waals surface area contributed by atoms with Crippen LogP contribution in [-0.2, 0) is 0 Å². The number of aryl methyl sites for hydroxylation is 1. The first kappa shape index (κ1) is 21.5. The van der Waals surface area contributed by atoms with Gasteiger partial charge in [0.05, 0.1) is 11.7 Å². The summed E-state index contributed by atoms with van der Waals surface area (Å²) in [5.41, 5.74) is 20.1. The van der Waals surface area contributed by atoms with E-state index < -0.39 is 0 Å². The second-order valence-electron chi connectivity index (χ2n) is 7.63. The van der Waals surface area contributed by atoms with Gasteiger partial charge in [-0.1, -0.05) is 29.8 Å². The van der Waals surface area contributed by atoms with Crippen LogP contribution in [0, 0.1) is 6.92 Å². The Hall–Kier alpha value is -3.25. The van der Waals surface area contributed by atoms with Gasteiger partial charge in [0.1, 0.15) is 0 Å². The number of hydrogen-bond acceptors (Lipinski definition) is 6. The lowest BCUT2D eigenvalue weighted by Gasteiger charge is -2.22. The van der Waals surface area contributed by atoms with Crippen LogP contribution in [0.25, 0.3) is 11.3 Å². The maximum atomic E-state index is 6.38. The van der Waals surface area contributed by atoms with Crippen LogP contribution < -0.4 is 22.6 Å². The SMILES string of the molecule is CCN=CC(=CN)c1ccc2c(c1)C(Nc1ccc(C)cc1)CCN(N)/C2=C(/C)N. The minimum Gasteiger partial charge on any atom is -0.404 e. The number of hydrazine groups is 1. The molecule has 0 aromatic heterocycles. The summed E-state index contributed by atoms with van der Waals surface area (Å²) >= 11 is 0. The fourth-order valence-electron chi connectivity index (χ4n) is 3.78. The van der Waals surface area contributed by atoms with E-state index >= 15 is 0 Å². The van der Waals surface area contributed by atoms with E-state index in [1.165, 1.54) is 5.56 Å². The second-order valence-corrected chi connectivity index (χ2v) is 7.63. The lowest BCUT2D eigenvalue weighted by atomic mass is 9.92. The van der Waals surface area contributed by atoms with Gasteiger partial charge in [-0.3, -0.25) is 4.99 Å². The summed E-state index contributed by atoms with van der Waals surface area (Å²) in [5, 5.41) is 5.43. The van der Waals surface area contributed by atoms with Crippen molar-refractivity contribution in [3.63, 3.8) is 0 Å². The van der Waals surface area contributed by atoms with Gasteiger partial charge < -0.3 is 21.8 Å². The highest BCUT2D eigenvalue weighted by Crippen LogP contribution is 2.36. The van der Waals surface area contributed by atoms with Crippen LogP contribution in [0.3, 0.4) is 0 Å². The van der Waals surface area contributed by atoms with E-state index in [0.717, 1.165) is 40.1 Å². The molecular formula is C24H32N6. The summed E-state index contributed by atoms with van der Waals surface area (Å²) < 4.78 is 0. The Balaban J connectivity index is 2.11. The molecule has 7 N–H and O–H groups in total. The molecule has 2 aromatic rings. The summed E-state index contributed by atoms with van der Waals surface area (Å²) in [7, 11) is 0. The molecule has 0 aliphatic carbocycles. The van der Waals surface area contributed by atoms with Crippen LogP contribution >= 0.6 is 0 Å². The lowest BCUT2D eigenvalue weighted by Crippen LogP contribution is -2.31. The molecule has 1 atom stereocenters. The van der Waals surface area contributed by atoms with Crippen LogP contribution in [0.2, 0.25) is 0 Å². The highest BCUT2D eigenvalue weighted by atomic mass is 15.4. The van der Waals surface area contributed by atoms with Crippen LogP contribution in [0.4, 0.5) is 5.69 Å². The number of rotatable bonds is 5. The number of nitrogens with one attached hydrogen (secondary N) is 1. The van der Waals surface area contributed by atoms with Gasteiger partial charge in [-0.05, 0) is 56.5 Å². The molecule has 0 saturated carbocycles. The minimum absolute atomic E-state index is 0.0766. The van der Waals surface area contributed by atoms with Crippen molar-refractivity contribution in [2.24, 2.45) is 22.3 Å². The molecular weight excluding hydrogens is 372 g/mol. The van der Waals surface area contributed by atoms with Gasteiger partial charge in [0.25, 0.3) is 0 Å². The summed E-state index contributed by atoms with van der Waals surface area (Å²) in [6.07, 6.45) is 4.25. The zero-order valence-electron chi connectivity index (χ0n) is 18.0. The van der Waals surface area contributed by atoms with Gasteiger partial charge in [0, 0.05) is 48.0 Å². The molecule has 158 valence electrons. The number of aliphatic imine (C=N–C) groups is 1. The Morgan fingerprint density at radius 1 is 1.23 bits per heavy atom. The van der Waals surface area contributed by atoms with Crippen molar-refractivity contribution in [2.45, 2.75) is 33.2 Å². The Labute approximate surface area is 179 Å². The summed E-state index contributed by atoms with van der Waals surface area (Å²) in [4.78, 5) is 4.35. The molecule has 0 bridgehead atoms. The normalized spacial score (nSPS) is 18.9. The van der Waals surface area contributed by atoms with Gasteiger partial charge in [-0.2, -0.15) is 0 Å². The number of benzene rings is 2. The van der Waals surface area contributed by atoms with Crippen molar-refractivity contribution < 1.29 is 0 Å². The van der Waals surface area contributed by atoms with Crippen LogP contribution in [0.5, 0.6) is 0 Å². The standard InChI is InChI=1S/C24H32N6/c1-4-28-15-19(14-25)18-7-10-21-22(13-18)23(11-12-30(27)24(21)17(3)26)29-20-8-5-16(2)6-9-20/h5-10,13-15,23,29H,4,11-12,25-27H2,1-3H3/b19-14?,24-17-,28-15?. The molecule has 30 heavy (non-hydrogen) atoms. The Kier molecular flexibility index (Phi) is 6.79. The Morgan fingerprint density at radius 2 is 1.97 bits per heavy atom. The topological polar surface area (TPSA) is 106 Å². The van der Waals surface area contributed by atoms with Gasteiger partial charge in [0.15, 0.2) is 0 Å².